The first-order valence-corrected chi connectivity index (χ1v) is 20.5. The molecule has 0 bridgehead atoms. The topological polar surface area (TPSA) is 33.6 Å². The highest BCUT2D eigenvalue weighted by atomic mass is 15.0. The van der Waals surface area contributed by atoms with Crippen LogP contribution in [-0.4, -0.2) is 9.13 Å². The number of nitriles is 1. The maximum absolute atomic E-state index is 10.2. The Kier molecular flexibility index (Phi) is 6.55. The van der Waals surface area contributed by atoms with Crippen molar-refractivity contribution in [1.29, 1.82) is 5.26 Å². The number of aromatic nitrogens is 2. The predicted molar refractivity (Wildman–Crippen MR) is 242 cm³/mol. The second-order valence-corrected chi connectivity index (χ2v) is 16.2. The molecule has 0 N–H and O–H groups in total. The summed E-state index contributed by atoms with van der Waals surface area (Å²) in [5.41, 5.74) is 20.1. The summed E-state index contributed by atoms with van der Waals surface area (Å²) in [4.78, 5) is 0. The van der Waals surface area contributed by atoms with Crippen molar-refractivity contribution in [3.8, 4) is 39.7 Å². The zero-order valence-electron chi connectivity index (χ0n) is 32.2. The predicted octanol–water partition coefficient (Wildman–Crippen LogP) is 13.9. The summed E-state index contributed by atoms with van der Waals surface area (Å²) in [5.74, 6) is 0. The van der Waals surface area contributed by atoms with E-state index in [1.54, 1.807) is 0 Å². The van der Waals surface area contributed by atoms with Crippen LogP contribution in [-0.2, 0) is 5.41 Å². The van der Waals surface area contributed by atoms with E-state index in [0.29, 0.717) is 5.56 Å². The molecule has 10 aromatic rings. The minimum Gasteiger partial charge on any atom is -0.309 e. The summed E-state index contributed by atoms with van der Waals surface area (Å²) in [5, 5.41) is 15.1. The van der Waals surface area contributed by atoms with Crippen LogP contribution in [0.15, 0.2) is 194 Å². The van der Waals surface area contributed by atoms with Crippen molar-refractivity contribution in [3.63, 3.8) is 0 Å². The zero-order valence-corrected chi connectivity index (χ0v) is 32.2. The third-order valence-electron chi connectivity index (χ3n) is 13.4. The number of allylic oxidation sites excluding steroid dienone is 4. The molecule has 3 aliphatic rings. The molecule has 2 heterocycles. The van der Waals surface area contributed by atoms with Gasteiger partial charge < -0.3 is 9.13 Å². The largest absolute Gasteiger partial charge is 0.309 e. The standard InChI is InChI=1S/C56H35N3/c57-34-35-22-26-42-43-27-25-39(33-51(43)56(50(42)30-35)48-18-8-4-14-40(48)41-15-5-9-19-49(41)56)59-53-21-11-7-17-45(53)47-32-37(24-29-55(47)59)36-23-28-54-46(31-36)44-16-6-10-20-52(44)58(54)38-12-2-1-3-13-38/h1-8,10-18,20-33H,9,19H2. The van der Waals surface area contributed by atoms with Gasteiger partial charge in [-0.2, -0.15) is 5.26 Å². The number of hydrogen-bond donors (Lipinski definition) is 0. The molecule has 274 valence electrons. The van der Waals surface area contributed by atoms with Gasteiger partial charge in [0, 0.05) is 32.9 Å². The van der Waals surface area contributed by atoms with Gasteiger partial charge in [-0.05, 0) is 141 Å². The molecule has 1 unspecified atom stereocenters. The van der Waals surface area contributed by atoms with Crippen LogP contribution in [0.2, 0.25) is 0 Å². The van der Waals surface area contributed by atoms with E-state index in [4.69, 9.17) is 0 Å². The highest BCUT2D eigenvalue weighted by molar-refractivity contribution is 6.13. The van der Waals surface area contributed by atoms with Gasteiger partial charge in [0.25, 0.3) is 0 Å². The molecule has 59 heavy (non-hydrogen) atoms. The van der Waals surface area contributed by atoms with Crippen molar-refractivity contribution in [2.24, 2.45) is 0 Å². The molecule has 3 heteroatoms. The number of fused-ring (bicyclic) bond motifs is 15. The molecule has 13 rings (SSSR count). The van der Waals surface area contributed by atoms with Gasteiger partial charge in [0.1, 0.15) is 0 Å². The number of para-hydroxylation sites is 3. The number of nitrogens with zero attached hydrogens (tertiary/aromatic N) is 3. The van der Waals surface area contributed by atoms with Crippen molar-refractivity contribution in [3.05, 3.63) is 221 Å². The Hall–Kier alpha value is -7.67. The van der Waals surface area contributed by atoms with Gasteiger partial charge in [0.2, 0.25) is 0 Å². The Balaban J connectivity index is 1.02. The summed E-state index contributed by atoms with van der Waals surface area (Å²) in [7, 11) is 0. The van der Waals surface area contributed by atoms with E-state index in [9.17, 15) is 5.26 Å². The molecule has 3 aliphatic carbocycles. The van der Waals surface area contributed by atoms with Crippen LogP contribution >= 0.6 is 0 Å². The molecule has 1 atom stereocenters. The van der Waals surface area contributed by atoms with Crippen molar-refractivity contribution in [1.82, 2.24) is 9.13 Å². The Morgan fingerprint density at radius 3 is 1.76 bits per heavy atom. The van der Waals surface area contributed by atoms with Gasteiger partial charge >= 0.3 is 0 Å². The fourth-order valence-electron chi connectivity index (χ4n) is 11.1. The number of benzene rings is 8. The Labute approximate surface area is 341 Å². The highest BCUT2D eigenvalue weighted by Gasteiger charge is 2.52. The third-order valence-corrected chi connectivity index (χ3v) is 13.4. The van der Waals surface area contributed by atoms with Gasteiger partial charge in [-0.3, -0.25) is 0 Å². The van der Waals surface area contributed by atoms with E-state index in [0.717, 1.165) is 18.5 Å². The number of hydrogen-bond acceptors (Lipinski definition) is 1. The van der Waals surface area contributed by atoms with Gasteiger partial charge in [0.05, 0.1) is 39.1 Å². The third kappa shape index (κ3) is 4.25. The molecule has 1 spiro atoms. The molecule has 8 aromatic carbocycles. The zero-order chi connectivity index (χ0) is 38.8. The lowest BCUT2D eigenvalue weighted by molar-refractivity contribution is 0.713. The lowest BCUT2D eigenvalue weighted by atomic mass is 9.68. The van der Waals surface area contributed by atoms with Gasteiger partial charge in [-0.25, -0.2) is 0 Å². The first kappa shape index (κ1) is 32.4. The minimum atomic E-state index is -0.460. The molecular formula is C56H35N3. The quantitative estimate of drug-likeness (QED) is 0.177. The van der Waals surface area contributed by atoms with E-state index >= 15 is 0 Å². The first-order chi connectivity index (χ1) is 29.2. The summed E-state index contributed by atoms with van der Waals surface area (Å²) in [6.07, 6.45) is 6.65. The molecule has 3 nitrogen and oxygen atoms in total. The average molecular weight is 750 g/mol. The number of rotatable bonds is 3. The van der Waals surface area contributed by atoms with E-state index in [2.05, 4.69) is 197 Å². The lowest BCUT2D eigenvalue weighted by Gasteiger charge is -2.33. The fraction of sp³-hybridized carbons (Fsp3) is 0.0536. The Morgan fingerprint density at radius 1 is 0.458 bits per heavy atom. The SMILES string of the molecule is N#Cc1ccc2c(c1)C1(C3=C(C=CCC3)c3ccccc31)c1cc(-n3c4ccccc4c4cc(-c5ccc6c(c5)c5ccccc5n6-c5ccccc5)ccc43)ccc1-2. The van der Waals surface area contributed by atoms with Crippen LogP contribution in [0.5, 0.6) is 0 Å². The second-order valence-electron chi connectivity index (χ2n) is 16.2. The average Bonchev–Trinajstić information content (AvgIpc) is 4.00. The van der Waals surface area contributed by atoms with Crippen LogP contribution in [0, 0.1) is 11.3 Å². The van der Waals surface area contributed by atoms with Crippen LogP contribution in [0.3, 0.4) is 0 Å². The normalized spacial score (nSPS) is 16.3. The molecular weight excluding hydrogens is 715 g/mol. The van der Waals surface area contributed by atoms with E-state index < -0.39 is 5.41 Å². The second kappa shape index (κ2) is 11.9. The van der Waals surface area contributed by atoms with Gasteiger partial charge in [-0.1, -0.05) is 115 Å². The van der Waals surface area contributed by atoms with Crippen LogP contribution in [0.1, 0.15) is 40.7 Å². The van der Waals surface area contributed by atoms with Gasteiger partial charge in [-0.15, -0.1) is 0 Å². The smallest absolute Gasteiger partial charge is 0.0991 e. The van der Waals surface area contributed by atoms with E-state index in [-0.39, 0.29) is 0 Å². The Bertz CT molecular complexity index is 3570. The molecule has 0 aliphatic heterocycles. The van der Waals surface area contributed by atoms with Crippen LogP contribution in [0.25, 0.3) is 82.8 Å². The lowest BCUT2D eigenvalue weighted by Crippen LogP contribution is -2.28. The first-order valence-electron chi connectivity index (χ1n) is 20.5. The molecule has 0 saturated carbocycles. The highest BCUT2D eigenvalue weighted by Crippen LogP contribution is 2.64. The minimum absolute atomic E-state index is 0.460. The fourth-order valence-corrected chi connectivity index (χ4v) is 11.1. The summed E-state index contributed by atoms with van der Waals surface area (Å²) in [6.45, 7) is 0. The molecule has 0 amide bonds. The van der Waals surface area contributed by atoms with Gasteiger partial charge in [0.15, 0.2) is 0 Å². The molecule has 0 fully saturated rings. The van der Waals surface area contributed by atoms with E-state index in [1.165, 1.54) is 105 Å². The monoisotopic (exact) mass is 749 g/mol. The van der Waals surface area contributed by atoms with Crippen molar-refractivity contribution >= 4 is 49.2 Å². The van der Waals surface area contributed by atoms with E-state index in [1.807, 2.05) is 6.07 Å². The maximum atomic E-state index is 10.2. The maximum Gasteiger partial charge on any atom is 0.0991 e. The summed E-state index contributed by atoms with van der Waals surface area (Å²) in [6, 6.07) is 67.0. The van der Waals surface area contributed by atoms with Crippen molar-refractivity contribution in [2.75, 3.05) is 0 Å². The van der Waals surface area contributed by atoms with Crippen molar-refractivity contribution < 1.29 is 0 Å². The van der Waals surface area contributed by atoms with Crippen LogP contribution < -0.4 is 0 Å². The molecule has 0 saturated heterocycles. The molecule has 2 aromatic heterocycles. The molecule has 0 radical (unpaired) electrons. The van der Waals surface area contributed by atoms with Crippen LogP contribution in [0.4, 0.5) is 0 Å². The summed E-state index contributed by atoms with van der Waals surface area (Å²) < 4.78 is 4.83. The van der Waals surface area contributed by atoms with Crippen molar-refractivity contribution in [2.45, 2.75) is 18.3 Å². The Morgan fingerprint density at radius 2 is 1.05 bits per heavy atom. The summed E-state index contributed by atoms with van der Waals surface area (Å²) >= 11 is 0.